The molecule has 0 saturated heterocycles. The molecule has 1 heterocycles. The van der Waals surface area contributed by atoms with Crippen LogP contribution in [0.4, 0.5) is 11.4 Å². The fourth-order valence-electron chi connectivity index (χ4n) is 7.53. The van der Waals surface area contributed by atoms with E-state index in [4.69, 9.17) is 37.9 Å². The molecule has 15 nitrogen and oxygen atoms in total. The molecule has 0 spiro atoms. The SMILES string of the molecule is CC(C)(C)CC(C)(C)c1ccc(Oc2cc(Nc3c(Cl)cc(S(=O)(=O)[O-])cc3Cl)c3c4c(nc(-c5cc(SOO[O-])ccc5O)nc24)-c2ccccc2C3=O)c(S(=O)(=O)[O-])c1.[Li+].[Li+].[Li+]. The summed E-state index contributed by atoms with van der Waals surface area (Å²) in [4.78, 5) is 23.0. The van der Waals surface area contributed by atoms with Gasteiger partial charge in [-0.3, -0.25) is 9.83 Å². The first-order valence-corrected chi connectivity index (χ1v) is 22.3. The first kappa shape index (κ1) is 53.5. The third-order valence-electron chi connectivity index (χ3n) is 9.71. The molecule has 0 aliphatic heterocycles. The Bertz CT molecular complexity index is 3020. The van der Waals surface area contributed by atoms with Gasteiger partial charge in [0.05, 0.1) is 60.1 Å². The number of ether oxygens (including phenoxy) is 1. The Kier molecular flexibility index (Phi) is 16.8. The van der Waals surface area contributed by atoms with Gasteiger partial charge in [-0.15, -0.1) is 0 Å². The molecule has 23 heteroatoms. The van der Waals surface area contributed by atoms with E-state index in [-0.39, 0.29) is 139 Å². The van der Waals surface area contributed by atoms with Crippen LogP contribution in [0.15, 0.2) is 93.5 Å². The van der Waals surface area contributed by atoms with Crippen LogP contribution in [0.3, 0.4) is 0 Å². The average molecular weight is 947 g/mol. The van der Waals surface area contributed by atoms with Gasteiger partial charge in [-0.1, -0.05) is 88.2 Å². The number of anilines is 2. The standard InChI is InChI=1S/C41H35Cl2N3O12S3.3Li/c1-40(2,3)19-41(4,5)20-10-13-30(32(14-20)61(53,54)55)56-31-18-28(44-36-26(42)16-22(17-27(36)43)60(50,51)52)33-34-35(23-8-6-7-9-24(23)38(33)48)45-39(46-37(31)34)25-15-21(59-58-57-49)11-12-29(25)47;;;/h6-18,44,47,49H,19H2,1-5H3,(H,50,51,52)(H,53,54,55);;;/q;3*+1/p-3. The second-order valence-corrected chi connectivity index (χ2v) is 20.2. The van der Waals surface area contributed by atoms with Gasteiger partial charge in [-0.2, -0.15) is 4.33 Å². The summed E-state index contributed by atoms with van der Waals surface area (Å²) in [6.45, 7) is 9.94. The number of hydrogen-bond acceptors (Lipinski definition) is 16. The molecule has 7 rings (SSSR count). The van der Waals surface area contributed by atoms with Crippen molar-refractivity contribution in [3.63, 3.8) is 0 Å². The third-order valence-corrected chi connectivity index (χ3v) is 12.5. The summed E-state index contributed by atoms with van der Waals surface area (Å²) in [6, 6.07) is 17.9. The summed E-state index contributed by atoms with van der Waals surface area (Å²) in [5.41, 5.74) is 0.144. The second-order valence-electron chi connectivity index (χ2n) is 15.9. The van der Waals surface area contributed by atoms with E-state index in [0.29, 0.717) is 29.6 Å². The average Bonchev–Trinajstić information content (AvgIpc) is 3.16. The summed E-state index contributed by atoms with van der Waals surface area (Å²) in [5, 5.41) is 27.5. The van der Waals surface area contributed by atoms with Crippen LogP contribution >= 0.6 is 35.2 Å². The zero-order valence-electron chi connectivity index (χ0n) is 35.5. The molecule has 0 fully saturated rings. The number of carbonyl (C=O) groups is 1. The van der Waals surface area contributed by atoms with Gasteiger partial charge in [0.1, 0.15) is 37.3 Å². The van der Waals surface area contributed by atoms with Crippen LogP contribution in [0, 0.1) is 5.41 Å². The predicted molar refractivity (Wildman–Crippen MR) is 223 cm³/mol. The van der Waals surface area contributed by atoms with E-state index in [9.17, 15) is 41.1 Å². The van der Waals surface area contributed by atoms with Crippen molar-refractivity contribution in [3.8, 4) is 39.9 Å². The summed E-state index contributed by atoms with van der Waals surface area (Å²) < 4.78 is 85.4. The zero-order chi connectivity index (χ0) is 44.4. The fourth-order valence-corrected chi connectivity index (χ4v) is 9.79. The fraction of sp³-hybridized carbons (Fsp3) is 0.195. The van der Waals surface area contributed by atoms with Gasteiger partial charge in [0, 0.05) is 27.5 Å². The Balaban J connectivity index is 0.00000299. The van der Waals surface area contributed by atoms with E-state index in [0.717, 1.165) is 12.1 Å². The van der Waals surface area contributed by atoms with Crippen LogP contribution in [0.5, 0.6) is 17.2 Å². The van der Waals surface area contributed by atoms with Crippen LogP contribution in [-0.2, 0) is 35.0 Å². The molecule has 0 saturated carbocycles. The summed E-state index contributed by atoms with van der Waals surface area (Å²) in [7, 11) is -10.2. The largest absolute Gasteiger partial charge is 1.00 e. The van der Waals surface area contributed by atoms with Gasteiger partial charge in [-0.25, -0.2) is 26.8 Å². The van der Waals surface area contributed by atoms with Crippen molar-refractivity contribution < 1.29 is 112 Å². The van der Waals surface area contributed by atoms with Crippen LogP contribution in [0.25, 0.3) is 33.5 Å². The minimum Gasteiger partial charge on any atom is -0.744 e. The number of phenolic OH excluding ortho intramolecular Hbond substituents is 1. The van der Waals surface area contributed by atoms with E-state index in [1.807, 2.05) is 34.6 Å². The Morgan fingerprint density at radius 3 is 2.03 bits per heavy atom. The zero-order valence-corrected chi connectivity index (χ0v) is 39.5. The molecule has 0 atom stereocenters. The molecule has 318 valence electrons. The molecule has 0 bridgehead atoms. The minimum atomic E-state index is -5.21. The Labute approximate surface area is 419 Å². The topological polar surface area (TPSA) is 240 Å². The van der Waals surface area contributed by atoms with Gasteiger partial charge >= 0.3 is 56.6 Å². The van der Waals surface area contributed by atoms with Gasteiger partial charge in [0.25, 0.3) is 0 Å². The number of halogens is 2. The van der Waals surface area contributed by atoms with Crippen molar-refractivity contribution in [2.75, 3.05) is 5.32 Å². The number of carbonyl (C=O) groups excluding carboxylic acids is 1. The molecule has 6 aromatic rings. The number of phenols is 1. The molecule has 0 unspecified atom stereocenters. The van der Waals surface area contributed by atoms with Crippen LogP contribution < -0.4 is 71.9 Å². The summed E-state index contributed by atoms with van der Waals surface area (Å²) in [5.74, 6) is -1.60. The van der Waals surface area contributed by atoms with Gasteiger partial charge in [-0.05, 0) is 65.3 Å². The maximum atomic E-state index is 14.6. The second kappa shape index (κ2) is 20.0. The third kappa shape index (κ3) is 11.0. The molecule has 1 aromatic heterocycles. The first-order chi connectivity index (χ1) is 28.5. The van der Waals surface area contributed by atoms with Crippen molar-refractivity contribution in [1.29, 1.82) is 0 Å². The normalized spacial score (nSPS) is 12.4. The molecule has 0 amide bonds. The molecule has 2 N–H and O–H groups in total. The monoisotopic (exact) mass is 945 g/mol. The van der Waals surface area contributed by atoms with Crippen LogP contribution in [-0.4, -0.2) is 46.8 Å². The summed E-state index contributed by atoms with van der Waals surface area (Å²) >= 11 is 13.5. The van der Waals surface area contributed by atoms with Gasteiger partial charge < -0.3 is 29.5 Å². The van der Waals surface area contributed by atoms with Gasteiger partial charge in [0.2, 0.25) is 0 Å². The maximum absolute atomic E-state index is 14.6. The molecule has 1 aliphatic carbocycles. The summed E-state index contributed by atoms with van der Waals surface area (Å²) in [6.07, 6.45) is 0.618. The number of hydrogen-bond donors (Lipinski definition) is 2. The number of aromatic nitrogens is 2. The Morgan fingerprint density at radius 2 is 1.44 bits per heavy atom. The Hall–Kier alpha value is -3.07. The van der Waals surface area contributed by atoms with E-state index in [2.05, 4.69) is 14.7 Å². The van der Waals surface area contributed by atoms with Crippen molar-refractivity contribution in [2.45, 2.75) is 61.1 Å². The quantitative estimate of drug-likeness (QED) is 0.0531. The molecule has 0 radical (unpaired) electrons. The van der Waals surface area contributed by atoms with Crippen molar-refractivity contribution in [2.24, 2.45) is 5.41 Å². The maximum Gasteiger partial charge on any atom is 1.00 e. The van der Waals surface area contributed by atoms with E-state index in [1.165, 1.54) is 36.4 Å². The van der Waals surface area contributed by atoms with Crippen LogP contribution in [0.1, 0.15) is 62.5 Å². The van der Waals surface area contributed by atoms with Crippen molar-refractivity contribution in [1.82, 2.24) is 9.97 Å². The Morgan fingerprint density at radius 1 is 0.797 bits per heavy atom. The van der Waals surface area contributed by atoms with Gasteiger partial charge in [0.15, 0.2) is 17.4 Å². The molecule has 64 heavy (non-hydrogen) atoms. The number of rotatable bonds is 12. The van der Waals surface area contributed by atoms with Crippen LogP contribution in [0.2, 0.25) is 10.0 Å². The van der Waals surface area contributed by atoms with E-state index < -0.39 is 47.0 Å². The van der Waals surface area contributed by atoms with E-state index in [1.54, 1.807) is 30.3 Å². The predicted octanol–water partition coefficient (Wildman–Crippen LogP) is -0.179. The molecule has 1 aliphatic rings. The molecule has 5 aromatic carbocycles. The number of benzene rings is 5. The van der Waals surface area contributed by atoms with E-state index >= 15 is 0 Å². The smallest absolute Gasteiger partial charge is 0.744 e. The molecular weight excluding hydrogens is 914 g/mol. The number of aromatic hydroxyl groups is 1. The van der Waals surface area contributed by atoms with Crippen molar-refractivity contribution in [3.05, 3.63) is 106 Å². The first-order valence-electron chi connectivity index (χ1n) is 18.0. The number of ketones is 1. The minimum absolute atomic E-state index is 0. The number of nitrogens with zero attached hydrogens (tertiary/aromatic N) is 2. The number of nitrogens with one attached hydrogen (secondary N) is 1. The number of fused-ring (bicyclic) bond motifs is 2. The molecular formula is C41H32Cl2Li3N3O12S3. The van der Waals surface area contributed by atoms with Crippen molar-refractivity contribution >= 4 is 83.5 Å².